The fraction of sp³-hybridized carbons (Fsp3) is 0.364. The number of nitro benzene ring substituents is 1. The molecule has 0 aliphatic rings. The number of nitrogens with one attached hydrogen (secondary N) is 1. The van der Waals surface area contributed by atoms with E-state index in [1.807, 2.05) is 0 Å². The maximum absolute atomic E-state index is 11.6. The molecular formula is C11H14N2O5S. The van der Waals surface area contributed by atoms with Crippen molar-refractivity contribution in [3.05, 3.63) is 34.4 Å². The molecule has 1 aromatic rings. The third-order valence-electron chi connectivity index (χ3n) is 2.13. The largest absolute Gasteiger partial charge is 0.394 e. The molecule has 1 amide bonds. The summed E-state index contributed by atoms with van der Waals surface area (Å²) in [5, 5.41) is 30.9. The first kappa shape index (κ1) is 15.4. The van der Waals surface area contributed by atoms with Gasteiger partial charge in [-0.3, -0.25) is 14.9 Å². The Hall–Kier alpha value is -1.64. The Balaban J connectivity index is 2.51. The summed E-state index contributed by atoms with van der Waals surface area (Å²) in [7, 11) is 0. The molecule has 0 aliphatic heterocycles. The van der Waals surface area contributed by atoms with Gasteiger partial charge >= 0.3 is 0 Å². The molecule has 104 valence electrons. The lowest BCUT2D eigenvalue weighted by atomic mass is 10.2. The maximum Gasteiger partial charge on any atom is 0.292 e. The molecule has 3 N–H and O–H groups in total. The molecule has 0 saturated heterocycles. The Kier molecular flexibility index (Phi) is 6.26. The number of carbonyl (C=O) groups is 1. The minimum absolute atomic E-state index is 0.0448. The molecule has 0 spiro atoms. The highest BCUT2D eigenvalue weighted by Crippen LogP contribution is 2.23. The molecule has 7 nitrogen and oxygen atoms in total. The number of aliphatic hydroxyl groups excluding tert-OH is 2. The van der Waals surface area contributed by atoms with Gasteiger partial charge in [-0.2, -0.15) is 0 Å². The van der Waals surface area contributed by atoms with Crippen molar-refractivity contribution in [1.82, 2.24) is 0 Å². The van der Waals surface area contributed by atoms with Gasteiger partial charge in [-0.1, -0.05) is 12.1 Å². The summed E-state index contributed by atoms with van der Waals surface area (Å²) < 4.78 is 0. The fourth-order valence-corrected chi connectivity index (χ4v) is 2.02. The molecule has 1 rings (SSSR count). The molecule has 0 bridgehead atoms. The number of hydrogen-bond acceptors (Lipinski definition) is 6. The lowest BCUT2D eigenvalue weighted by Gasteiger charge is -2.07. The van der Waals surface area contributed by atoms with Gasteiger partial charge < -0.3 is 15.5 Å². The van der Waals surface area contributed by atoms with Crippen LogP contribution in [0.25, 0.3) is 0 Å². The predicted octanol–water partition coefficient (Wildman–Crippen LogP) is 0.620. The van der Waals surface area contributed by atoms with E-state index >= 15 is 0 Å². The van der Waals surface area contributed by atoms with E-state index in [-0.39, 0.29) is 29.5 Å². The summed E-state index contributed by atoms with van der Waals surface area (Å²) >= 11 is 1.14. The number of nitrogens with zero attached hydrogens (tertiary/aromatic N) is 1. The van der Waals surface area contributed by atoms with E-state index in [1.54, 1.807) is 6.07 Å². The van der Waals surface area contributed by atoms with Gasteiger partial charge in [-0.15, -0.1) is 11.8 Å². The number of rotatable bonds is 7. The molecule has 1 aromatic carbocycles. The van der Waals surface area contributed by atoms with Gasteiger partial charge in [0.15, 0.2) is 0 Å². The number of carbonyl (C=O) groups excluding carboxylic acids is 1. The van der Waals surface area contributed by atoms with E-state index in [1.165, 1.54) is 18.2 Å². The standard InChI is InChI=1S/C11H14N2O5S/c14-5-8(15)6-19-7-11(16)12-9-3-1-2-4-10(9)13(17)18/h1-4,8,14-15H,5-7H2,(H,12,16). The second-order valence-corrected chi connectivity index (χ2v) is 4.70. The molecule has 0 aliphatic carbocycles. The molecule has 0 heterocycles. The van der Waals surface area contributed by atoms with Crippen molar-refractivity contribution in [2.24, 2.45) is 0 Å². The Bertz CT molecular complexity index is 454. The summed E-state index contributed by atoms with van der Waals surface area (Å²) in [6.45, 7) is -0.362. The van der Waals surface area contributed by atoms with Crippen molar-refractivity contribution in [1.29, 1.82) is 0 Å². The van der Waals surface area contributed by atoms with Crippen molar-refractivity contribution < 1.29 is 19.9 Å². The molecule has 8 heteroatoms. The van der Waals surface area contributed by atoms with E-state index in [2.05, 4.69) is 5.32 Å². The highest BCUT2D eigenvalue weighted by molar-refractivity contribution is 8.00. The highest BCUT2D eigenvalue weighted by Gasteiger charge is 2.14. The normalized spacial score (nSPS) is 11.9. The van der Waals surface area contributed by atoms with Gasteiger partial charge in [-0.25, -0.2) is 0 Å². The molecule has 0 radical (unpaired) electrons. The van der Waals surface area contributed by atoms with Crippen molar-refractivity contribution in [2.75, 3.05) is 23.4 Å². The lowest BCUT2D eigenvalue weighted by Crippen LogP contribution is -2.19. The summed E-state index contributed by atoms with van der Waals surface area (Å²) in [5.74, 6) is -0.131. The number of benzene rings is 1. The number of aliphatic hydroxyl groups is 2. The van der Waals surface area contributed by atoms with Crippen molar-refractivity contribution >= 4 is 29.0 Å². The number of anilines is 1. The van der Waals surface area contributed by atoms with Crippen LogP contribution in [0.3, 0.4) is 0 Å². The number of para-hydroxylation sites is 2. The highest BCUT2D eigenvalue weighted by atomic mass is 32.2. The van der Waals surface area contributed by atoms with Crippen molar-refractivity contribution in [3.8, 4) is 0 Å². The van der Waals surface area contributed by atoms with E-state index in [0.717, 1.165) is 11.8 Å². The summed E-state index contributed by atoms with van der Waals surface area (Å²) in [4.78, 5) is 21.7. The van der Waals surface area contributed by atoms with E-state index < -0.39 is 16.9 Å². The maximum atomic E-state index is 11.6. The van der Waals surface area contributed by atoms with Gasteiger partial charge in [0.25, 0.3) is 5.69 Å². The molecule has 0 fully saturated rings. The van der Waals surface area contributed by atoms with Crippen LogP contribution in [-0.2, 0) is 4.79 Å². The van der Waals surface area contributed by atoms with E-state index in [9.17, 15) is 14.9 Å². The second kappa shape index (κ2) is 7.72. The SMILES string of the molecule is O=C(CSCC(O)CO)Nc1ccccc1[N+](=O)[O-]. The Morgan fingerprint density at radius 2 is 2.16 bits per heavy atom. The van der Waals surface area contributed by atoms with Gasteiger partial charge in [0.1, 0.15) is 5.69 Å². The summed E-state index contributed by atoms with van der Waals surface area (Å²) in [6, 6.07) is 5.85. The first-order valence-electron chi connectivity index (χ1n) is 5.44. The Morgan fingerprint density at radius 1 is 1.47 bits per heavy atom. The molecule has 1 unspecified atom stereocenters. The van der Waals surface area contributed by atoms with Crippen LogP contribution in [0, 0.1) is 10.1 Å². The third-order valence-corrected chi connectivity index (χ3v) is 3.22. The average Bonchev–Trinajstić information content (AvgIpc) is 2.38. The van der Waals surface area contributed by atoms with Crippen LogP contribution in [-0.4, -0.2) is 45.3 Å². The first-order valence-corrected chi connectivity index (χ1v) is 6.60. The first-order chi connectivity index (χ1) is 9.04. The molecule has 1 atom stereocenters. The van der Waals surface area contributed by atoms with Gasteiger partial charge in [-0.05, 0) is 6.07 Å². The Morgan fingerprint density at radius 3 is 2.79 bits per heavy atom. The third kappa shape index (κ3) is 5.25. The van der Waals surface area contributed by atoms with Gasteiger partial charge in [0.2, 0.25) is 5.91 Å². The van der Waals surface area contributed by atoms with E-state index in [0.29, 0.717) is 0 Å². The van der Waals surface area contributed by atoms with Gasteiger partial charge in [0, 0.05) is 11.8 Å². The number of hydrogen-bond donors (Lipinski definition) is 3. The van der Waals surface area contributed by atoms with Crippen LogP contribution in [0.5, 0.6) is 0 Å². The van der Waals surface area contributed by atoms with Crippen LogP contribution >= 0.6 is 11.8 Å². The fourth-order valence-electron chi connectivity index (χ4n) is 1.27. The molecule has 19 heavy (non-hydrogen) atoms. The quantitative estimate of drug-likeness (QED) is 0.500. The molecule has 0 saturated carbocycles. The van der Waals surface area contributed by atoms with Gasteiger partial charge in [0.05, 0.1) is 23.4 Å². The summed E-state index contributed by atoms with van der Waals surface area (Å²) in [5.41, 5.74) is -0.0305. The summed E-state index contributed by atoms with van der Waals surface area (Å²) in [6.07, 6.45) is -0.871. The minimum Gasteiger partial charge on any atom is -0.394 e. The van der Waals surface area contributed by atoms with Crippen LogP contribution < -0.4 is 5.32 Å². The van der Waals surface area contributed by atoms with Crippen molar-refractivity contribution in [3.63, 3.8) is 0 Å². The number of thioether (sulfide) groups is 1. The van der Waals surface area contributed by atoms with Crippen LogP contribution in [0.1, 0.15) is 0 Å². The number of amides is 1. The zero-order chi connectivity index (χ0) is 14.3. The molecular weight excluding hydrogens is 272 g/mol. The second-order valence-electron chi connectivity index (χ2n) is 3.67. The van der Waals surface area contributed by atoms with E-state index in [4.69, 9.17) is 10.2 Å². The van der Waals surface area contributed by atoms with Crippen molar-refractivity contribution in [2.45, 2.75) is 6.10 Å². The molecule has 0 aromatic heterocycles. The predicted molar refractivity (Wildman–Crippen MR) is 72.1 cm³/mol. The minimum atomic E-state index is -0.871. The van der Waals surface area contributed by atoms with Crippen LogP contribution in [0.2, 0.25) is 0 Å². The number of nitro groups is 1. The lowest BCUT2D eigenvalue weighted by molar-refractivity contribution is -0.383. The van der Waals surface area contributed by atoms with Crippen LogP contribution in [0.4, 0.5) is 11.4 Å². The topological polar surface area (TPSA) is 113 Å². The van der Waals surface area contributed by atoms with Crippen LogP contribution in [0.15, 0.2) is 24.3 Å². The zero-order valence-electron chi connectivity index (χ0n) is 9.98. The zero-order valence-corrected chi connectivity index (χ0v) is 10.8. The smallest absolute Gasteiger partial charge is 0.292 e. The monoisotopic (exact) mass is 286 g/mol. The Labute approximate surface area is 113 Å². The average molecular weight is 286 g/mol.